The maximum Gasteiger partial charge on any atom is 0.260 e. The number of benzene rings is 1. The predicted octanol–water partition coefficient (Wildman–Crippen LogP) is 2.21. The number of carbonyl (C=O) groups is 1. The van der Waals surface area contributed by atoms with Gasteiger partial charge in [-0.1, -0.05) is 13.8 Å². The fourth-order valence-corrected chi connectivity index (χ4v) is 1.69. The monoisotopic (exact) mass is 282 g/mol. The summed E-state index contributed by atoms with van der Waals surface area (Å²) in [6, 6.07) is 4.23. The number of hydrogen-bond donors (Lipinski definition) is 2. The van der Waals surface area contributed by atoms with Gasteiger partial charge in [0.1, 0.15) is 11.6 Å². The molecular weight excluding hydrogens is 259 g/mol. The first-order valence-corrected chi connectivity index (χ1v) is 6.86. The molecule has 0 aliphatic heterocycles. The van der Waals surface area contributed by atoms with E-state index in [0.717, 1.165) is 6.42 Å². The second-order valence-electron chi connectivity index (χ2n) is 5.23. The summed E-state index contributed by atoms with van der Waals surface area (Å²) in [6.45, 7) is 6.66. The molecular formula is C15H23FN2O2. The van der Waals surface area contributed by atoms with Crippen molar-refractivity contribution in [2.75, 3.05) is 6.54 Å². The maximum absolute atomic E-state index is 13.3. The van der Waals surface area contributed by atoms with E-state index in [0.29, 0.717) is 23.8 Å². The normalized spacial score (nSPS) is 12.3. The number of rotatable bonds is 7. The van der Waals surface area contributed by atoms with E-state index in [1.165, 1.54) is 12.1 Å². The molecule has 0 aliphatic rings. The SMILES string of the molecule is CC(C)CCNC(=O)C(C)Oc1cc(F)cc(CN)c1. The van der Waals surface area contributed by atoms with Crippen LogP contribution in [0, 0.1) is 11.7 Å². The van der Waals surface area contributed by atoms with Gasteiger partial charge in [0.05, 0.1) is 0 Å². The van der Waals surface area contributed by atoms with Crippen molar-refractivity contribution in [2.24, 2.45) is 11.7 Å². The molecule has 0 saturated heterocycles. The highest BCUT2D eigenvalue weighted by atomic mass is 19.1. The lowest BCUT2D eigenvalue weighted by molar-refractivity contribution is -0.127. The Morgan fingerprint density at radius 1 is 1.35 bits per heavy atom. The molecule has 0 saturated carbocycles. The highest BCUT2D eigenvalue weighted by Gasteiger charge is 2.15. The van der Waals surface area contributed by atoms with Gasteiger partial charge in [0.25, 0.3) is 5.91 Å². The van der Waals surface area contributed by atoms with Crippen molar-refractivity contribution in [2.45, 2.75) is 39.8 Å². The Morgan fingerprint density at radius 3 is 2.65 bits per heavy atom. The van der Waals surface area contributed by atoms with Gasteiger partial charge in [-0.2, -0.15) is 0 Å². The first-order chi connectivity index (χ1) is 9.42. The lowest BCUT2D eigenvalue weighted by Gasteiger charge is -2.16. The second-order valence-corrected chi connectivity index (χ2v) is 5.23. The highest BCUT2D eigenvalue weighted by molar-refractivity contribution is 5.80. The van der Waals surface area contributed by atoms with Gasteiger partial charge in [0, 0.05) is 19.2 Å². The molecule has 0 fully saturated rings. The molecule has 1 unspecified atom stereocenters. The average molecular weight is 282 g/mol. The summed E-state index contributed by atoms with van der Waals surface area (Å²) in [4.78, 5) is 11.8. The lowest BCUT2D eigenvalue weighted by atomic mass is 10.1. The number of amides is 1. The van der Waals surface area contributed by atoms with Crippen LogP contribution in [0.5, 0.6) is 5.75 Å². The molecule has 4 nitrogen and oxygen atoms in total. The van der Waals surface area contributed by atoms with Crippen LogP contribution in [-0.4, -0.2) is 18.6 Å². The molecule has 0 bridgehead atoms. The first kappa shape index (κ1) is 16.4. The summed E-state index contributed by atoms with van der Waals surface area (Å²) < 4.78 is 18.8. The molecule has 1 atom stereocenters. The van der Waals surface area contributed by atoms with E-state index >= 15 is 0 Å². The summed E-state index contributed by atoms with van der Waals surface area (Å²) in [5.41, 5.74) is 6.10. The summed E-state index contributed by atoms with van der Waals surface area (Å²) in [7, 11) is 0. The molecule has 20 heavy (non-hydrogen) atoms. The Bertz CT molecular complexity index is 449. The number of halogens is 1. The fourth-order valence-electron chi connectivity index (χ4n) is 1.69. The average Bonchev–Trinajstić information content (AvgIpc) is 2.37. The Labute approximate surface area is 119 Å². The molecule has 5 heteroatoms. The van der Waals surface area contributed by atoms with Crippen LogP contribution >= 0.6 is 0 Å². The molecule has 1 aromatic carbocycles. The smallest absolute Gasteiger partial charge is 0.260 e. The minimum Gasteiger partial charge on any atom is -0.481 e. The number of nitrogens with two attached hydrogens (primary N) is 1. The van der Waals surface area contributed by atoms with Crippen molar-refractivity contribution in [3.05, 3.63) is 29.6 Å². The lowest BCUT2D eigenvalue weighted by Crippen LogP contribution is -2.37. The van der Waals surface area contributed by atoms with E-state index in [4.69, 9.17) is 10.5 Å². The second kappa shape index (κ2) is 7.85. The quantitative estimate of drug-likeness (QED) is 0.806. The van der Waals surface area contributed by atoms with E-state index in [-0.39, 0.29) is 12.5 Å². The molecule has 1 amide bonds. The zero-order valence-electron chi connectivity index (χ0n) is 12.3. The standard InChI is InChI=1S/C15H23FN2O2/c1-10(2)4-5-18-15(19)11(3)20-14-7-12(9-17)6-13(16)8-14/h6-8,10-11H,4-5,9,17H2,1-3H3,(H,18,19). The third-order valence-electron chi connectivity index (χ3n) is 2.87. The van der Waals surface area contributed by atoms with Gasteiger partial charge in [0.2, 0.25) is 0 Å². The minimum absolute atomic E-state index is 0.204. The molecule has 0 radical (unpaired) electrons. The zero-order valence-corrected chi connectivity index (χ0v) is 12.3. The van der Waals surface area contributed by atoms with Crippen LogP contribution in [0.3, 0.4) is 0 Å². The summed E-state index contributed by atoms with van der Waals surface area (Å²) in [6.07, 6.45) is 0.241. The Kier molecular flexibility index (Phi) is 6.45. The van der Waals surface area contributed by atoms with Gasteiger partial charge in [-0.05, 0) is 37.0 Å². The number of nitrogens with one attached hydrogen (secondary N) is 1. The van der Waals surface area contributed by atoms with Crippen molar-refractivity contribution < 1.29 is 13.9 Å². The molecule has 0 aliphatic carbocycles. The van der Waals surface area contributed by atoms with E-state index < -0.39 is 11.9 Å². The van der Waals surface area contributed by atoms with Gasteiger partial charge in [0.15, 0.2) is 6.10 Å². The van der Waals surface area contributed by atoms with Crippen LogP contribution in [0.25, 0.3) is 0 Å². The van der Waals surface area contributed by atoms with E-state index in [1.807, 2.05) is 0 Å². The van der Waals surface area contributed by atoms with Gasteiger partial charge < -0.3 is 15.8 Å². The largest absolute Gasteiger partial charge is 0.481 e. The van der Waals surface area contributed by atoms with Crippen molar-refractivity contribution in [1.29, 1.82) is 0 Å². The topological polar surface area (TPSA) is 64.3 Å². The Hall–Kier alpha value is -1.62. The van der Waals surface area contributed by atoms with Gasteiger partial charge in [-0.15, -0.1) is 0 Å². The Morgan fingerprint density at radius 2 is 2.05 bits per heavy atom. The third-order valence-corrected chi connectivity index (χ3v) is 2.87. The predicted molar refractivity (Wildman–Crippen MR) is 76.8 cm³/mol. The minimum atomic E-state index is -0.672. The zero-order chi connectivity index (χ0) is 15.1. The number of ether oxygens (including phenoxy) is 1. The number of hydrogen-bond acceptors (Lipinski definition) is 3. The molecule has 1 aromatic rings. The van der Waals surface area contributed by atoms with E-state index in [2.05, 4.69) is 19.2 Å². The van der Waals surface area contributed by atoms with Crippen LogP contribution in [0.15, 0.2) is 18.2 Å². The maximum atomic E-state index is 13.3. The molecule has 0 heterocycles. The Balaban J connectivity index is 2.54. The van der Waals surface area contributed by atoms with E-state index in [9.17, 15) is 9.18 Å². The van der Waals surface area contributed by atoms with E-state index in [1.54, 1.807) is 13.0 Å². The molecule has 112 valence electrons. The van der Waals surface area contributed by atoms with Crippen molar-refractivity contribution in [3.8, 4) is 5.75 Å². The van der Waals surface area contributed by atoms with Crippen LogP contribution < -0.4 is 15.8 Å². The summed E-state index contributed by atoms with van der Waals surface area (Å²) in [5, 5.41) is 2.79. The molecule has 0 aromatic heterocycles. The first-order valence-electron chi connectivity index (χ1n) is 6.86. The van der Waals surface area contributed by atoms with Crippen LogP contribution in [0.2, 0.25) is 0 Å². The summed E-state index contributed by atoms with van der Waals surface area (Å²) >= 11 is 0. The van der Waals surface area contributed by atoms with Gasteiger partial charge >= 0.3 is 0 Å². The van der Waals surface area contributed by atoms with Crippen LogP contribution in [0.4, 0.5) is 4.39 Å². The van der Waals surface area contributed by atoms with Crippen molar-refractivity contribution in [3.63, 3.8) is 0 Å². The van der Waals surface area contributed by atoms with Crippen molar-refractivity contribution >= 4 is 5.91 Å². The molecule has 3 N–H and O–H groups in total. The van der Waals surface area contributed by atoms with Crippen LogP contribution in [-0.2, 0) is 11.3 Å². The summed E-state index contributed by atoms with van der Waals surface area (Å²) in [5.74, 6) is 0.221. The molecule has 1 rings (SSSR count). The third kappa shape index (κ3) is 5.57. The molecule has 0 spiro atoms. The highest BCUT2D eigenvalue weighted by Crippen LogP contribution is 2.17. The van der Waals surface area contributed by atoms with Crippen LogP contribution in [0.1, 0.15) is 32.8 Å². The number of carbonyl (C=O) groups excluding carboxylic acids is 1. The van der Waals surface area contributed by atoms with Gasteiger partial charge in [-0.3, -0.25) is 4.79 Å². The van der Waals surface area contributed by atoms with Crippen molar-refractivity contribution in [1.82, 2.24) is 5.32 Å². The fraction of sp³-hybridized carbons (Fsp3) is 0.533. The van der Waals surface area contributed by atoms with Gasteiger partial charge in [-0.25, -0.2) is 4.39 Å².